The predicted octanol–water partition coefficient (Wildman–Crippen LogP) is 4.98. The second kappa shape index (κ2) is 7.60. The van der Waals surface area contributed by atoms with E-state index in [0.717, 1.165) is 33.2 Å². The van der Waals surface area contributed by atoms with Gasteiger partial charge in [0.15, 0.2) is 0 Å². The first-order valence-corrected chi connectivity index (χ1v) is 9.01. The minimum Gasteiger partial charge on any atom is -0.258 e. The van der Waals surface area contributed by atoms with Crippen LogP contribution in [0.3, 0.4) is 0 Å². The van der Waals surface area contributed by atoms with Crippen molar-refractivity contribution in [3.05, 3.63) is 74.9 Å². The number of hydrogen-bond acceptors (Lipinski definition) is 3. The Balaban J connectivity index is 2.04. The van der Waals surface area contributed by atoms with Gasteiger partial charge in [0.1, 0.15) is 0 Å². The molecule has 1 aromatic heterocycles. The molecule has 0 atom stereocenters. The maximum Gasteiger partial charge on any atom is 0.206 e. The fourth-order valence-electron chi connectivity index (χ4n) is 2.25. The second-order valence-corrected chi connectivity index (χ2v) is 6.62. The number of thiazole rings is 1. The van der Waals surface area contributed by atoms with Crippen molar-refractivity contribution in [1.29, 1.82) is 0 Å². The highest BCUT2D eigenvalue weighted by atomic mass is 35.5. The van der Waals surface area contributed by atoms with Crippen LogP contribution < -0.4 is 4.80 Å². The third-order valence-corrected chi connectivity index (χ3v) is 4.62. The van der Waals surface area contributed by atoms with E-state index in [4.69, 9.17) is 11.6 Å². The van der Waals surface area contributed by atoms with Gasteiger partial charge in [0.25, 0.3) is 0 Å². The fraction of sp³-hybridized carbons (Fsp3) is 0.158. The predicted molar refractivity (Wildman–Crippen MR) is 103 cm³/mol. The number of rotatable bonds is 4. The van der Waals surface area contributed by atoms with Crippen LogP contribution in [0.15, 0.2) is 64.0 Å². The lowest BCUT2D eigenvalue weighted by molar-refractivity contribution is 0.833. The highest BCUT2D eigenvalue weighted by molar-refractivity contribution is 7.07. The molecule has 0 fully saturated rings. The molecule has 0 spiro atoms. The van der Waals surface area contributed by atoms with E-state index < -0.39 is 0 Å². The van der Waals surface area contributed by atoms with Crippen LogP contribution in [0, 0.1) is 6.92 Å². The molecule has 2 aromatic carbocycles. The maximum absolute atomic E-state index is 6.00. The molecule has 3 nitrogen and oxygen atoms in total. The quantitative estimate of drug-likeness (QED) is 0.591. The molecule has 0 saturated carbocycles. The van der Waals surface area contributed by atoms with Crippen molar-refractivity contribution in [1.82, 2.24) is 4.68 Å². The summed E-state index contributed by atoms with van der Waals surface area (Å²) in [7, 11) is 0. The number of aryl methyl sites for hydroxylation is 1. The number of aromatic nitrogens is 1. The molecule has 0 unspecified atom stereocenters. The Hall–Kier alpha value is -2.17. The van der Waals surface area contributed by atoms with Crippen LogP contribution in [0.25, 0.3) is 11.3 Å². The van der Waals surface area contributed by atoms with Gasteiger partial charge in [-0.15, -0.1) is 11.3 Å². The Kier molecular flexibility index (Phi) is 5.28. The van der Waals surface area contributed by atoms with Gasteiger partial charge >= 0.3 is 0 Å². The van der Waals surface area contributed by atoms with Gasteiger partial charge in [-0.05, 0) is 31.5 Å². The van der Waals surface area contributed by atoms with Crippen molar-refractivity contribution in [2.75, 3.05) is 6.54 Å². The van der Waals surface area contributed by atoms with Gasteiger partial charge in [0, 0.05) is 22.5 Å². The van der Waals surface area contributed by atoms with E-state index in [-0.39, 0.29) is 0 Å². The SMILES string of the molecule is CCN=c1scc(-c2ccc(Cl)cc2)n1N=Cc1ccc(C)cc1. The summed E-state index contributed by atoms with van der Waals surface area (Å²) in [5.41, 5.74) is 4.36. The summed E-state index contributed by atoms with van der Waals surface area (Å²) in [6.07, 6.45) is 1.86. The van der Waals surface area contributed by atoms with Crippen molar-refractivity contribution in [3.63, 3.8) is 0 Å². The van der Waals surface area contributed by atoms with Crippen LogP contribution in [0.4, 0.5) is 0 Å². The van der Waals surface area contributed by atoms with Crippen LogP contribution in [-0.2, 0) is 0 Å². The van der Waals surface area contributed by atoms with E-state index in [0.29, 0.717) is 0 Å². The van der Waals surface area contributed by atoms with Crippen LogP contribution in [0.2, 0.25) is 5.02 Å². The Bertz CT molecular complexity index is 903. The average molecular weight is 356 g/mol. The molecular formula is C19H18ClN3S. The van der Waals surface area contributed by atoms with E-state index in [2.05, 4.69) is 46.7 Å². The largest absolute Gasteiger partial charge is 0.258 e. The van der Waals surface area contributed by atoms with Crippen LogP contribution in [0.5, 0.6) is 0 Å². The summed E-state index contributed by atoms with van der Waals surface area (Å²) in [6.45, 7) is 4.82. The van der Waals surface area contributed by atoms with Crippen molar-refractivity contribution in [2.45, 2.75) is 13.8 Å². The first-order valence-electron chi connectivity index (χ1n) is 7.75. The third kappa shape index (κ3) is 3.83. The Morgan fingerprint density at radius 1 is 1.08 bits per heavy atom. The van der Waals surface area contributed by atoms with E-state index >= 15 is 0 Å². The van der Waals surface area contributed by atoms with E-state index in [1.54, 1.807) is 11.3 Å². The third-order valence-electron chi connectivity index (χ3n) is 3.52. The Morgan fingerprint density at radius 2 is 1.79 bits per heavy atom. The van der Waals surface area contributed by atoms with E-state index in [1.807, 2.05) is 42.1 Å². The fourth-order valence-corrected chi connectivity index (χ4v) is 3.28. The van der Waals surface area contributed by atoms with E-state index in [9.17, 15) is 0 Å². The van der Waals surface area contributed by atoms with Crippen molar-refractivity contribution in [3.8, 4) is 11.3 Å². The van der Waals surface area contributed by atoms with Crippen molar-refractivity contribution >= 4 is 29.2 Å². The van der Waals surface area contributed by atoms with Gasteiger partial charge < -0.3 is 0 Å². The Morgan fingerprint density at radius 3 is 2.46 bits per heavy atom. The van der Waals surface area contributed by atoms with Crippen LogP contribution in [0.1, 0.15) is 18.1 Å². The van der Waals surface area contributed by atoms with Gasteiger partial charge in [0.05, 0.1) is 11.9 Å². The molecule has 3 aromatic rings. The van der Waals surface area contributed by atoms with Gasteiger partial charge in [-0.3, -0.25) is 4.99 Å². The molecule has 0 aliphatic heterocycles. The topological polar surface area (TPSA) is 29.6 Å². The van der Waals surface area contributed by atoms with Crippen LogP contribution in [-0.4, -0.2) is 17.4 Å². The average Bonchev–Trinajstić information content (AvgIpc) is 2.98. The van der Waals surface area contributed by atoms with Crippen LogP contribution >= 0.6 is 22.9 Å². The van der Waals surface area contributed by atoms with Gasteiger partial charge in [-0.2, -0.15) is 5.10 Å². The minimum absolute atomic E-state index is 0.723. The lowest BCUT2D eigenvalue weighted by Gasteiger charge is -2.04. The maximum atomic E-state index is 6.00. The van der Waals surface area contributed by atoms with E-state index in [1.165, 1.54) is 5.56 Å². The second-order valence-electron chi connectivity index (χ2n) is 5.35. The molecule has 0 N–H and O–H groups in total. The number of benzene rings is 2. The molecule has 5 heteroatoms. The highest BCUT2D eigenvalue weighted by Gasteiger charge is 2.07. The standard InChI is InChI=1S/C19H18ClN3S/c1-3-21-19-23(22-12-15-6-4-14(2)5-7-15)18(13-24-19)16-8-10-17(20)11-9-16/h4-13H,3H2,1-2H3. The molecule has 0 radical (unpaired) electrons. The molecular weight excluding hydrogens is 338 g/mol. The van der Waals surface area contributed by atoms with Gasteiger partial charge in [0.2, 0.25) is 4.80 Å². The zero-order valence-corrected chi connectivity index (χ0v) is 15.2. The van der Waals surface area contributed by atoms with Crippen molar-refractivity contribution < 1.29 is 0 Å². The molecule has 0 bridgehead atoms. The molecule has 0 aliphatic carbocycles. The highest BCUT2D eigenvalue weighted by Crippen LogP contribution is 2.22. The summed E-state index contributed by atoms with van der Waals surface area (Å²) < 4.78 is 1.89. The molecule has 0 aliphatic rings. The minimum atomic E-state index is 0.723. The van der Waals surface area contributed by atoms with Gasteiger partial charge in [-0.1, -0.05) is 53.6 Å². The monoisotopic (exact) mass is 355 g/mol. The molecule has 0 saturated heterocycles. The molecule has 0 amide bonds. The smallest absolute Gasteiger partial charge is 0.206 e. The zero-order chi connectivity index (χ0) is 16.9. The molecule has 24 heavy (non-hydrogen) atoms. The normalized spacial score (nSPS) is 12.2. The van der Waals surface area contributed by atoms with Gasteiger partial charge in [-0.25, -0.2) is 4.68 Å². The lowest BCUT2D eigenvalue weighted by atomic mass is 10.2. The molecule has 122 valence electrons. The van der Waals surface area contributed by atoms with Crippen molar-refractivity contribution in [2.24, 2.45) is 10.1 Å². The zero-order valence-electron chi connectivity index (χ0n) is 13.6. The first kappa shape index (κ1) is 16.7. The Labute approximate surface area is 150 Å². The molecule has 1 heterocycles. The molecule has 3 rings (SSSR count). The summed E-state index contributed by atoms with van der Waals surface area (Å²) in [5.74, 6) is 0. The lowest BCUT2D eigenvalue weighted by Crippen LogP contribution is -2.12. The number of nitrogens with zero attached hydrogens (tertiary/aromatic N) is 3. The summed E-state index contributed by atoms with van der Waals surface area (Å²) in [6, 6.07) is 16.1. The number of halogens is 1. The number of hydrogen-bond donors (Lipinski definition) is 0. The summed E-state index contributed by atoms with van der Waals surface area (Å²) in [5, 5.41) is 7.46. The summed E-state index contributed by atoms with van der Waals surface area (Å²) >= 11 is 7.58. The summed E-state index contributed by atoms with van der Waals surface area (Å²) in [4.78, 5) is 5.42. The first-order chi connectivity index (χ1) is 11.7.